The zero-order chi connectivity index (χ0) is 11.1. The van der Waals surface area contributed by atoms with E-state index in [0.717, 1.165) is 16.9 Å². The van der Waals surface area contributed by atoms with Crippen molar-refractivity contribution in [2.75, 3.05) is 6.61 Å². The smallest absolute Gasteiger partial charge is 0.128 e. The number of rotatable bonds is 0. The largest absolute Gasteiger partial charge is 0.489 e. The van der Waals surface area contributed by atoms with Gasteiger partial charge in [-0.1, -0.05) is 18.1 Å². The Labute approximate surface area is 89.6 Å². The summed E-state index contributed by atoms with van der Waals surface area (Å²) < 4.78 is 5.46. The third-order valence-corrected chi connectivity index (χ3v) is 1.95. The Morgan fingerprint density at radius 2 is 2.20 bits per heavy atom. The number of carbonyl (C=O) groups excluding carboxylic acids is 1. The summed E-state index contributed by atoms with van der Waals surface area (Å²) in [6, 6.07) is 5.95. The number of ether oxygens (including phenoxy) is 1. The molecule has 0 bridgehead atoms. The van der Waals surface area contributed by atoms with Crippen LogP contribution in [0.2, 0.25) is 0 Å². The summed E-state index contributed by atoms with van der Waals surface area (Å²) >= 11 is 0. The van der Waals surface area contributed by atoms with E-state index in [1.165, 1.54) is 0 Å². The molecule has 2 rings (SSSR count). The van der Waals surface area contributed by atoms with E-state index in [1.54, 1.807) is 0 Å². The zero-order valence-corrected chi connectivity index (χ0v) is 8.62. The van der Waals surface area contributed by atoms with Crippen LogP contribution >= 0.6 is 0 Å². The Morgan fingerprint density at radius 1 is 1.40 bits per heavy atom. The third kappa shape index (κ3) is 2.47. The lowest BCUT2D eigenvalue weighted by Gasteiger charge is -2.12. The Balaban J connectivity index is 0.000000531. The highest BCUT2D eigenvalue weighted by Crippen LogP contribution is 2.26. The van der Waals surface area contributed by atoms with Crippen LogP contribution in [0, 0.1) is 11.8 Å². The fourth-order valence-electron chi connectivity index (χ4n) is 1.39. The minimum atomic E-state index is 0.663. The van der Waals surface area contributed by atoms with Gasteiger partial charge in [0.05, 0.1) is 0 Å². The van der Waals surface area contributed by atoms with Gasteiger partial charge >= 0.3 is 0 Å². The van der Waals surface area contributed by atoms with Crippen LogP contribution in [0.4, 0.5) is 0 Å². The van der Waals surface area contributed by atoms with E-state index in [-0.39, 0.29) is 0 Å². The molecule has 1 aromatic rings. The normalized spacial score (nSPS) is 11.0. The Bertz CT molecular complexity index is 422. The maximum absolute atomic E-state index is 8.00. The summed E-state index contributed by atoms with van der Waals surface area (Å²) in [5.74, 6) is 6.88. The van der Waals surface area contributed by atoms with Gasteiger partial charge in [0.1, 0.15) is 19.1 Å². The number of fused-ring (bicyclic) bond motifs is 1. The predicted octanol–water partition coefficient (Wildman–Crippen LogP) is 2.28. The molecule has 0 unspecified atom stereocenters. The second kappa shape index (κ2) is 5.66. The van der Waals surface area contributed by atoms with Gasteiger partial charge in [0.25, 0.3) is 0 Å². The van der Waals surface area contributed by atoms with Gasteiger partial charge in [-0.2, -0.15) is 0 Å². The third-order valence-electron chi connectivity index (χ3n) is 1.95. The molecule has 1 aromatic carbocycles. The van der Waals surface area contributed by atoms with Gasteiger partial charge in [-0.3, -0.25) is 0 Å². The SMILES string of the molecule is C=O.CC#Cc1cccc2c1C=CCO2. The second-order valence-corrected chi connectivity index (χ2v) is 2.81. The number of hydrogen-bond donors (Lipinski definition) is 0. The molecular formula is C13H12O2. The molecule has 2 heteroatoms. The van der Waals surface area contributed by atoms with Crippen molar-refractivity contribution in [1.82, 2.24) is 0 Å². The second-order valence-electron chi connectivity index (χ2n) is 2.81. The Kier molecular flexibility index (Phi) is 4.18. The molecule has 2 nitrogen and oxygen atoms in total. The maximum atomic E-state index is 8.00. The van der Waals surface area contributed by atoms with Crippen molar-refractivity contribution in [1.29, 1.82) is 0 Å². The first kappa shape index (κ1) is 11.1. The molecule has 0 spiro atoms. The van der Waals surface area contributed by atoms with Crippen molar-refractivity contribution in [3.05, 3.63) is 35.4 Å². The minimum Gasteiger partial charge on any atom is -0.489 e. The lowest BCUT2D eigenvalue weighted by Crippen LogP contribution is -2.01. The van der Waals surface area contributed by atoms with Crippen molar-refractivity contribution in [2.45, 2.75) is 6.92 Å². The van der Waals surface area contributed by atoms with Crippen LogP contribution < -0.4 is 4.74 Å². The van der Waals surface area contributed by atoms with Crippen LogP contribution in [0.5, 0.6) is 5.75 Å². The van der Waals surface area contributed by atoms with Crippen LogP contribution in [-0.4, -0.2) is 13.4 Å². The molecule has 0 N–H and O–H groups in total. The highest BCUT2D eigenvalue weighted by Gasteiger charge is 2.07. The molecule has 1 aliphatic heterocycles. The average Bonchev–Trinajstić information content (AvgIpc) is 2.33. The van der Waals surface area contributed by atoms with Gasteiger partial charge < -0.3 is 9.53 Å². The molecule has 1 aliphatic rings. The molecule has 0 atom stereocenters. The summed E-state index contributed by atoms with van der Waals surface area (Å²) in [6.07, 6.45) is 4.07. The monoisotopic (exact) mass is 200 g/mol. The molecule has 76 valence electrons. The molecular weight excluding hydrogens is 188 g/mol. The molecule has 1 heterocycles. The first-order valence-electron chi connectivity index (χ1n) is 4.56. The van der Waals surface area contributed by atoms with E-state index in [2.05, 4.69) is 17.9 Å². The van der Waals surface area contributed by atoms with Crippen LogP contribution in [-0.2, 0) is 4.79 Å². The van der Waals surface area contributed by atoms with Gasteiger partial charge in [-0.05, 0) is 25.1 Å². The van der Waals surface area contributed by atoms with E-state index in [0.29, 0.717) is 6.61 Å². The number of benzene rings is 1. The topological polar surface area (TPSA) is 26.3 Å². The first-order valence-corrected chi connectivity index (χ1v) is 4.56. The van der Waals surface area contributed by atoms with Crippen LogP contribution in [0.3, 0.4) is 0 Å². The number of hydrogen-bond acceptors (Lipinski definition) is 2. The molecule has 0 aromatic heterocycles. The Hall–Kier alpha value is -2.01. The van der Waals surface area contributed by atoms with Gasteiger partial charge in [-0.15, -0.1) is 5.92 Å². The molecule has 0 amide bonds. The quantitative estimate of drug-likeness (QED) is 0.600. The summed E-state index contributed by atoms with van der Waals surface area (Å²) in [5, 5.41) is 0. The van der Waals surface area contributed by atoms with Gasteiger partial charge in [0, 0.05) is 11.1 Å². The Morgan fingerprint density at radius 3 is 2.93 bits per heavy atom. The fraction of sp³-hybridized carbons (Fsp3) is 0.154. The van der Waals surface area contributed by atoms with Crippen molar-refractivity contribution in [2.24, 2.45) is 0 Å². The van der Waals surface area contributed by atoms with E-state index in [1.807, 2.05) is 38.0 Å². The standard InChI is InChI=1S/C12H10O.CH2O/c1-2-5-10-6-3-8-12-11(10)7-4-9-13-12;1-2/h3-4,6-8H,9H2,1H3;1H2. The number of carbonyl (C=O) groups is 1. The molecule has 0 saturated heterocycles. The van der Waals surface area contributed by atoms with E-state index < -0.39 is 0 Å². The van der Waals surface area contributed by atoms with E-state index >= 15 is 0 Å². The molecule has 0 radical (unpaired) electrons. The van der Waals surface area contributed by atoms with Gasteiger partial charge in [0.2, 0.25) is 0 Å². The van der Waals surface area contributed by atoms with Crippen LogP contribution in [0.15, 0.2) is 24.3 Å². The molecule has 0 saturated carbocycles. The summed E-state index contributed by atoms with van der Waals surface area (Å²) in [5.41, 5.74) is 2.14. The van der Waals surface area contributed by atoms with Gasteiger partial charge in [-0.25, -0.2) is 0 Å². The van der Waals surface area contributed by atoms with Crippen LogP contribution in [0.1, 0.15) is 18.1 Å². The molecule has 0 fully saturated rings. The van der Waals surface area contributed by atoms with Crippen molar-refractivity contribution in [3.8, 4) is 17.6 Å². The lowest BCUT2D eigenvalue weighted by atomic mass is 10.1. The fourth-order valence-corrected chi connectivity index (χ4v) is 1.39. The molecule has 15 heavy (non-hydrogen) atoms. The summed E-state index contributed by atoms with van der Waals surface area (Å²) in [6.45, 7) is 4.50. The van der Waals surface area contributed by atoms with Crippen molar-refractivity contribution < 1.29 is 9.53 Å². The maximum Gasteiger partial charge on any atom is 0.128 e. The zero-order valence-electron chi connectivity index (χ0n) is 8.62. The highest BCUT2D eigenvalue weighted by atomic mass is 16.5. The summed E-state index contributed by atoms with van der Waals surface area (Å²) in [4.78, 5) is 8.00. The average molecular weight is 200 g/mol. The van der Waals surface area contributed by atoms with E-state index in [9.17, 15) is 0 Å². The van der Waals surface area contributed by atoms with Crippen molar-refractivity contribution in [3.63, 3.8) is 0 Å². The lowest BCUT2D eigenvalue weighted by molar-refractivity contribution is -0.0979. The highest BCUT2D eigenvalue weighted by molar-refractivity contribution is 5.66. The van der Waals surface area contributed by atoms with E-state index in [4.69, 9.17) is 9.53 Å². The van der Waals surface area contributed by atoms with Crippen molar-refractivity contribution >= 4 is 12.9 Å². The van der Waals surface area contributed by atoms with Crippen LogP contribution in [0.25, 0.3) is 6.08 Å². The predicted molar refractivity (Wildman–Crippen MR) is 60.6 cm³/mol. The first-order chi connectivity index (χ1) is 7.42. The van der Waals surface area contributed by atoms with Gasteiger partial charge in [0.15, 0.2) is 0 Å². The molecule has 0 aliphatic carbocycles. The minimum absolute atomic E-state index is 0.663. The summed E-state index contributed by atoms with van der Waals surface area (Å²) in [7, 11) is 0.